The average molecular weight is 272 g/mol. The number of benzene rings is 1. The highest BCUT2D eigenvalue weighted by atomic mass is 16.6. The molecule has 6 heteroatoms. The van der Waals surface area contributed by atoms with Crippen LogP contribution in [0.1, 0.15) is 18.9 Å². The molecule has 0 radical (unpaired) electrons. The molecular weight excluding hydrogens is 256 g/mol. The predicted octanol–water partition coefficient (Wildman–Crippen LogP) is 2.63. The summed E-state index contributed by atoms with van der Waals surface area (Å²) in [5.74, 6) is 0. The van der Waals surface area contributed by atoms with Crippen molar-refractivity contribution in [1.82, 2.24) is 9.78 Å². The largest absolute Gasteiger partial charge is 0.364 e. The quantitative estimate of drug-likeness (QED) is 0.636. The lowest BCUT2D eigenvalue weighted by Gasteiger charge is -2.34. The van der Waals surface area contributed by atoms with E-state index in [9.17, 15) is 10.1 Å². The molecule has 104 valence electrons. The zero-order valence-corrected chi connectivity index (χ0v) is 11.1. The lowest BCUT2D eigenvalue weighted by molar-refractivity contribution is -0.384. The van der Waals surface area contributed by atoms with Gasteiger partial charge in [-0.2, -0.15) is 5.10 Å². The maximum Gasteiger partial charge on any atom is 0.292 e. The highest BCUT2D eigenvalue weighted by Crippen LogP contribution is 2.32. The van der Waals surface area contributed by atoms with Gasteiger partial charge in [-0.25, -0.2) is 0 Å². The van der Waals surface area contributed by atoms with E-state index in [1.807, 2.05) is 29.1 Å². The second kappa shape index (κ2) is 5.32. The Morgan fingerprint density at radius 3 is 2.90 bits per heavy atom. The van der Waals surface area contributed by atoms with Gasteiger partial charge in [0, 0.05) is 31.5 Å². The standard InChI is InChI=1S/C14H16N4O2/c19-18(20)14-7-2-1-6-13(14)16-9-3-5-12(11-16)17-10-4-8-15-17/h1-2,4,6-8,10,12H,3,5,9,11H2. The first-order valence-corrected chi connectivity index (χ1v) is 6.73. The SMILES string of the molecule is O=[N+]([O-])c1ccccc1N1CCCC(n2cccn2)C1. The van der Waals surface area contributed by atoms with Crippen LogP contribution in [0.5, 0.6) is 0 Å². The van der Waals surface area contributed by atoms with E-state index >= 15 is 0 Å². The van der Waals surface area contributed by atoms with Gasteiger partial charge in [-0.3, -0.25) is 14.8 Å². The van der Waals surface area contributed by atoms with Gasteiger partial charge in [-0.15, -0.1) is 0 Å². The molecule has 0 amide bonds. The Kier molecular flexibility index (Phi) is 3.37. The molecule has 6 nitrogen and oxygen atoms in total. The first kappa shape index (κ1) is 12.7. The van der Waals surface area contributed by atoms with E-state index in [0.29, 0.717) is 5.69 Å². The number of nitro groups is 1. The minimum absolute atomic E-state index is 0.175. The Labute approximate surface area is 116 Å². The van der Waals surface area contributed by atoms with Crippen molar-refractivity contribution in [2.75, 3.05) is 18.0 Å². The Morgan fingerprint density at radius 2 is 2.15 bits per heavy atom. The normalized spacial score (nSPS) is 19.0. The molecule has 0 N–H and O–H groups in total. The van der Waals surface area contributed by atoms with Crippen LogP contribution in [0.2, 0.25) is 0 Å². The van der Waals surface area contributed by atoms with E-state index in [0.717, 1.165) is 25.9 Å². The third kappa shape index (κ3) is 2.36. The molecule has 1 saturated heterocycles. The maximum absolute atomic E-state index is 11.1. The molecule has 1 aromatic heterocycles. The Hall–Kier alpha value is -2.37. The predicted molar refractivity (Wildman–Crippen MR) is 75.8 cm³/mol. The summed E-state index contributed by atoms with van der Waals surface area (Å²) in [6, 6.07) is 9.12. The summed E-state index contributed by atoms with van der Waals surface area (Å²) < 4.78 is 1.95. The molecule has 1 fully saturated rings. The van der Waals surface area contributed by atoms with Gasteiger partial charge in [-0.05, 0) is 25.0 Å². The van der Waals surface area contributed by atoms with Gasteiger partial charge in [0.1, 0.15) is 5.69 Å². The molecule has 0 aliphatic carbocycles. The molecule has 1 unspecified atom stereocenters. The minimum Gasteiger partial charge on any atom is -0.364 e. The van der Waals surface area contributed by atoms with E-state index in [-0.39, 0.29) is 16.7 Å². The molecule has 20 heavy (non-hydrogen) atoms. The summed E-state index contributed by atoms with van der Waals surface area (Å²) in [7, 11) is 0. The molecule has 0 saturated carbocycles. The van der Waals surface area contributed by atoms with Crippen molar-refractivity contribution in [2.45, 2.75) is 18.9 Å². The van der Waals surface area contributed by atoms with Crippen molar-refractivity contribution in [2.24, 2.45) is 0 Å². The summed E-state index contributed by atoms with van der Waals surface area (Å²) in [5, 5.41) is 15.4. The molecule has 2 heterocycles. The highest BCUT2D eigenvalue weighted by molar-refractivity contribution is 5.63. The number of hydrogen-bond acceptors (Lipinski definition) is 4. The fourth-order valence-electron chi connectivity index (χ4n) is 2.77. The van der Waals surface area contributed by atoms with Crippen molar-refractivity contribution >= 4 is 11.4 Å². The summed E-state index contributed by atoms with van der Waals surface area (Å²) in [4.78, 5) is 12.9. The lowest BCUT2D eigenvalue weighted by Crippen LogP contribution is -2.37. The Morgan fingerprint density at radius 1 is 1.30 bits per heavy atom. The summed E-state index contributed by atoms with van der Waals surface area (Å²) in [6.07, 6.45) is 5.78. The zero-order valence-electron chi connectivity index (χ0n) is 11.1. The molecule has 1 aromatic carbocycles. The topological polar surface area (TPSA) is 64.2 Å². The second-order valence-corrected chi connectivity index (χ2v) is 4.97. The number of hydrogen-bond donors (Lipinski definition) is 0. The summed E-state index contributed by atoms with van der Waals surface area (Å²) in [5.41, 5.74) is 0.878. The molecule has 2 aromatic rings. The van der Waals surface area contributed by atoms with Crippen LogP contribution in [0, 0.1) is 10.1 Å². The van der Waals surface area contributed by atoms with Gasteiger partial charge in [0.2, 0.25) is 0 Å². The fraction of sp³-hybridized carbons (Fsp3) is 0.357. The minimum atomic E-state index is -0.313. The smallest absolute Gasteiger partial charge is 0.292 e. The molecular formula is C14H16N4O2. The molecule has 0 bridgehead atoms. The second-order valence-electron chi connectivity index (χ2n) is 4.97. The third-order valence-electron chi connectivity index (χ3n) is 3.71. The third-order valence-corrected chi connectivity index (χ3v) is 3.71. The van der Waals surface area contributed by atoms with E-state index in [1.54, 1.807) is 18.3 Å². The first-order valence-electron chi connectivity index (χ1n) is 6.73. The van der Waals surface area contributed by atoms with Crippen LogP contribution < -0.4 is 4.90 Å². The van der Waals surface area contributed by atoms with Gasteiger partial charge < -0.3 is 4.90 Å². The number of aromatic nitrogens is 2. The van der Waals surface area contributed by atoms with Crippen LogP contribution in [-0.2, 0) is 0 Å². The van der Waals surface area contributed by atoms with Crippen molar-refractivity contribution in [3.63, 3.8) is 0 Å². The van der Waals surface area contributed by atoms with Crippen molar-refractivity contribution in [3.05, 3.63) is 52.8 Å². The number of nitro benzene ring substituents is 1. The fourth-order valence-corrected chi connectivity index (χ4v) is 2.77. The van der Waals surface area contributed by atoms with Gasteiger partial charge in [0.25, 0.3) is 5.69 Å². The molecule has 0 spiro atoms. The summed E-state index contributed by atoms with van der Waals surface area (Å²) >= 11 is 0. The zero-order chi connectivity index (χ0) is 13.9. The van der Waals surface area contributed by atoms with E-state index < -0.39 is 0 Å². The van der Waals surface area contributed by atoms with Crippen LogP contribution >= 0.6 is 0 Å². The van der Waals surface area contributed by atoms with Crippen LogP contribution in [0.15, 0.2) is 42.7 Å². The Bertz CT molecular complexity index is 597. The van der Waals surface area contributed by atoms with Crippen LogP contribution in [-0.4, -0.2) is 27.8 Å². The van der Waals surface area contributed by atoms with Crippen molar-refractivity contribution < 1.29 is 4.92 Å². The Balaban J connectivity index is 1.86. The average Bonchev–Trinajstić information content (AvgIpc) is 3.01. The molecule has 1 aliphatic rings. The number of anilines is 1. The number of nitrogens with zero attached hydrogens (tertiary/aromatic N) is 4. The van der Waals surface area contributed by atoms with Gasteiger partial charge in [-0.1, -0.05) is 12.1 Å². The monoisotopic (exact) mass is 272 g/mol. The lowest BCUT2D eigenvalue weighted by atomic mass is 10.0. The maximum atomic E-state index is 11.1. The van der Waals surface area contributed by atoms with Crippen LogP contribution in [0.3, 0.4) is 0 Å². The first-order chi connectivity index (χ1) is 9.75. The van der Waals surface area contributed by atoms with Crippen LogP contribution in [0.25, 0.3) is 0 Å². The number of rotatable bonds is 3. The molecule has 1 aliphatic heterocycles. The van der Waals surface area contributed by atoms with Gasteiger partial charge in [0.05, 0.1) is 11.0 Å². The van der Waals surface area contributed by atoms with Crippen LogP contribution in [0.4, 0.5) is 11.4 Å². The molecule has 1 atom stereocenters. The number of piperidine rings is 1. The van der Waals surface area contributed by atoms with Gasteiger partial charge >= 0.3 is 0 Å². The summed E-state index contributed by atoms with van der Waals surface area (Å²) in [6.45, 7) is 1.61. The van der Waals surface area contributed by atoms with E-state index in [1.165, 1.54) is 0 Å². The van der Waals surface area contributed by atoms with Gasteiger partial charge in [0.15, 0.2) is 0 Å². The van der Waals surface area contributed by atoms with Crippen molar-refractivity contribution in [1.29, 1.82) is 0 Å². The van der Waals surface area contributed by atoms with Crippen molar-refractivity contribution in [3.8, 4) is 0 Å². The van der Waals surface area contributed by atoms with E-state index in [2.05, 4.69) is 10.00 Å². The highest BCUT2D eigenvalue weighted by Gasteiger charge is 2.26. The molecule has 3 rings (SSSR count). The number of para-hydroxylation sites is 2. The van der Waals surface area contributed by atoms with E-state index in [4.69, 9.17) is 0 Å².